The Balaban J connectivity index is 1.43. The van der Waals surface area contributed by atoms with Gasteiger partial charge in [0.2, 0.25) is 12.7 Å². The minimum absolute atomic E-state index is 0.0632. The van der Waals surface area contributed by atoms with Crippen molar-refractivity contribution in [2.75, 3.05) is 19.1 Å². The summed E-state index contributed by atoms with van der Waals surface area (Å²) in [5.41, 5.74) is 3.23. The summed E-state index contributed by atoms with van der Waals surface area (Å²) < 4.78 is 12.9. The first kappa shape index (κ1) is 21.2. The molecule has 1 amide bonds. The Morgan fingerprint density at radius 1 is 1.13 bits per heavy atom. The molecule has 0 saturated heterocycles. The van der Waals surface area contributed by atoms with Crippen LogP contribution < -0.4 is 9.47 Å². The molecule has 0 aliphatic carbocycles. The summed E-state index contributed by atoms with van der Waals surface area (Å²) >= 11 is 1.43. The SMILES string of the molecule is CCN(Cc1ccc2c(c1)OCO2)C(=O)CSc1nnc(-c2ccccc2C)n1CC. The molecule has 2 heterocycles. The van der Waals surface area contributed by atoms with Crippen molar-refractivity contribution in [1.29, 1.82) is 0 Å². The average Bonchev–Trinajstić information content (AvgIpc) is 3.42. The predicted octanol–water partition coefficient (Wildman–Crippen LogP) is 4.14. The van der Waals surface area contributed by atoms with Crippen molar-refractivity contribution in [3.05, 3.63) is 53.6 Å². The highest BCUT2D eigenvalue weighted by Gasteiger charge is 2.19. The number of aromatic nitrogens is 3. The molecule has 7 nitrogen and oxygen atoms in total. The second-order valence-corrected chi connectivity index (χ2v) is 8.19. The number of benzene rings is 2. The van der Waals surface area contributed by atoms with Crippen molar-refractivity contribution in [1.82, 2.24) is 19.7 Å². The molecule has 0 spiro atoms. The maximum Gasteiger partial charge on any atom is 0.233 e. The molecule has 0 bridgehead atoms. The zero-order valence-electron chi connectivity index (χ0n) is 18.0. The molecular formula is C23H26N4O3S. The van der Waals surface area contributed by atoms with E-state index in [0.29, 0.717) is 18.8 Å². The van der Waals surface area contributed by atoms with E-state index in [-0.39, 0.29) is 12.7 Å². The van der Waals surface area contributed by atoms with Crippen molar-refractivity contribution in [2.45, 2.75) is 39.0 Å². The summed E-state index contributed by atoms with van der Waals surface area (Å²) in [6.07, 6.45) is 0. The molecule has 0 unspecified atom stereocenters. The van der Waals surface area contributed by atoms with Crippen LogP contribution in [0.25, 0.3) is 11.4 Å². The Morgan fingerprint density at radius 2 is 1.94 bits per heavy atom. The largest absolute Gasteiger partial charge is 0.454 e. The molecule has 4 rings (SSSR count). The number of carbonyl (C=O) groups excluding carboxylic acids is 1. The van der Waals surface area contributed by atoms with Crippen LogP contribution >= 0.6 is 11.8 Å². The Kier molecular flexibility index (Phi) is 6.46. The van der Waals surface area contributed by atoms with Gasteiger partial charge >= 0.3 is 0 Å². The molecule has 0 atom stereocenters. The van der Waals surface area contributed by atoms with Gasteiger partial charge in [0.05, 0.1) is 5.75 Å². The van der Waals surface area contributed by atoms with E-state index in [1.807, 2.05) is 42.2 Å². The van der Waals surface area contributed by atoms with E-state index in [4.69, 9.17) is 9.47 Å². The molecule has 0 fully saturated rings. The molecule has 0 N–H and O–H groups in total. The highest BCUT2D eigenvalue weighted by atomic mass is 32.2. The van der Waals surface area contributed by atoms with E-state index >= 15 is 0 Å². The maximum atomic E-state index is 12.9. The van der Waals surface area contributed by atoms with Gasteiger partial charge in [-0.3, -0.25) is 4.79 Å². The highest BCUT2D eigenvalue weighted by molar-refractivity contribution is 7.99. The number of ether oxygens (including phenoxy) is 2. The first-order valence-electron chi connectivity index (χ1n) is 10.4. The Bertz CT molecular complexity index is 1080. The lowest BCUT2D eigenvalue weighted by molar-refractivity contribution is -0.128. The first-order valence-corrected chi connectivity index (χ1v) is 11.4. The van der Waals surface area contributed by atoms with Crippen LogP contribution in [0, 0.1) is 6.92 Å². The monoisotopic (exact) mass is 438 g/mol. The number of hydrogen-bond acceptors (Lipinski definition) is 6. The van der Waals surface area contributed by atoms with Gasteiger partial charge in [-0.15, -0.1) is 10.2 Å². The predicted molar refractivity (Wildman–Crippen MR) is 120 cm³/mol. The van der Waals surface area contributed by atoms with Crippen molar-refractivity contribution >= 4 is 17.7 Å². The van der Waals surface area contributed by atoms with Crippen molar-refractivity contribution in [3.8, 4) is 22.9 Å². The number of fused-ring (bicyclic) bond motifs is 1. The van der Waals surface area contributed by atoms with Gasteiger partial charge in [-0.2, -0.15) is 0 Å². The third-order valence-electron chi connectivity index (χ3n) is 5.29. The van der Waals surface area contributed by atoms with Crippen LogP contribution in [0.1, 0.15) is 25.0 Å². The molecule has 3 aromatic rings. The van der Waals surface area contributed by atoms with Gasteiger partial charge in [-0.25, -0.2) is 0 Å². The Morgan fingerprint density at radius 3 is 2.71 bits per heavy atom. The topological polar surface area (TPSA) is 69.5 Å². The first-order chi connectivity index (χ1) is 15.1. The van der Waals surface area contributed by atoms with Gasteiger partial charge in [0.1, 0.15) is 0 Å². The molecule has 31 heavy (non-hydrogen) atoms. The smallest absolute Gasteiger partial charge is 0.233 e. The zero-order chi connectivity index (χ0) is 21.8. The molecule has 0 radical (unpaired) electrons. The van der Waals surface area contributed by atoms with Crippen LogP contribution in [0.3, 0.4) is 0 Å². The second kappa shape index (κ2) is 9.43. The fourth-order valence-electron chi connectivity index (χ4n) is 3.56. The van der Waals surface area contributed by atoms with Gasteiger partial charge in [0.25, 0.3) is 0 Å². The molecule has 162 valence electrons. The van der Waals surface area contributed by atoms with Gasteiger partial charge in [0.15, 0.2) is 22.5 Å². The molecule has 1 aliphatic rings. The number of rotatable bonds is 8. The number of hydrogen-bond donors (Lipinski definition) is 0. The van der Waals surface area contributed by atoms with Crippen molar-refractivity contribution < 1.29 is 14.3 Å². The minimum Gasteiger partial charge on any atom is -0.454 e. The maximum absolute atomic E-state index is 12.9. The summed E-state index contributed by atoms with van der Waals surface area (Å²) in [6.45, 7) is 8.26. The lowest BCUT2D eigenvalue weighted by Gasteiger charge is -2.21. The zero-order valence-corrected chi connectivity index (χ0v) is 18.8. The molecule has 2 aromatic carbocycles. The second-order valence-electron chi connectivity index (χ2n) is 7.25. The third-order valence-corrected chi connectivity index (χ3v) is 6.24. The molecule has 1 aliphatic heterocycles. The Labute approximate surface area is 186 Å². The average molecular weight is 439 g/mol. The van der Waals surface area contributed by atoms with Crippen LogP contribution in [0.5, 0.6) is 11.5 Å². The summed E-state index contributed by atoms with van der Waals surface area (Å²) in [5.74, 6) is 2.69. The minimum atomic E-state index is 0.0632. The summed E-state index contributed by atoms with van der Waals surface area (Å²) in [5, 5.41) is 9.52. The lowest BCUT2D eigenvalue weighted by atomic mass is 10.1. The van der Waals surface area contributed by atoms with Crippen molar-refractivity contribution in [3.63, 3.8) is 0 Å². The van der Waals surface area contributed by atoms with Crippen LogP contribution in [0.2, 0.25) is 0 Å². The van der Waals surface area contributed by atoms with E-state index in [1.54, 1.807) is 0 Å². The Hall–Kier alpha value is -3.00. The number of thioether (sulfide) groups is 1. The van der Waals surface area contributed by atoms with Crippen LogP contribution in [0.4, 0.5) is 0 Å². The van der Waals surface area contributed by atoms with Gasteiger partial charge < -0.3 is 18.9 Å². The van der Waals surface area contributed by atoms with Gasteiger partial charge in [-0.05, 0) is 44.0 Å². The third kappa shape index (κ3) is 4.54. The van der Waals surface area contributed by atoms with Crippen molar-refractivity contribution in [2.24, 2.45) is 0 Å². The van der Waals surface area contributed by atoms with Gasteiger partial charge in [0, 0.05) is 25.2 Å². The molecule has 8 heteroatoms. The van der Waals surface area contributed by atoms with E-state index in [1.165, 1.54) is 11.8 Å². The van der Waals surface area contributed by atoms with E-state index in [2.05, 4.69) is 40.7 Å². The van der Waals surface area contributed by atoms with Crippen LogP contribution in [-0.4, -0.2) is 44.7 Å². The summed E-state index contributed by atoms with van der Waals surface area (Å²) in [4.78, 5) is 14.7. The number of carbonyl (C=O) groups is 1. The summed E-state index contributed by atoms with van der Waals surface area (Å²) in [6, 6.07) is 13.9. The fraction of sp³-hybridized carbons (Fsp3) is 0.348. The molecular weight excluding hydrogens is 412 g/mol. The van der Waals surface area contributed by atoms with E-state index < -0.39 is 0 Å². The lowest BCUT2D eigenvalue weighted by Crippen LogP contribution is -2.31. The molecule has 0 saturated carbocycles. The number of amides is 1. The number of nitrogens with zero attached hydrogens (tertiary/aromatic N) is 4. The quantitative estimate of drug-likeness (QED) is 0.492. The standard InChI is InChI=1S/C23H26N4O3S/c1-4-26(13-17-10-11-19-20(12-17)30-15-29-19)21(28)14-31-23-25-24-22(27(23)5-2)18-9-7-6-8-16(18)3/h6-12H,4-5,13-15H2,1-3H3. The van der Waals surface area contributed by atoms with Crippen LogP contribution in [-0.2, 0) is 17.9 Å². The van der Waals surface area contributed by atoms with Crippen LogP contribution in [0.15, 0.2) is 47.6 Å². The highest BCUT2D eigenvalue weighted by Crippen LogP contribution is 2.33. The fourth-order valence-corrected chi connectivity index (χ4v) is 4.46. The van der Waals surface area contributed by atoms with E-state index in [9.17, 15) is 4.79 Å². The summed E-state index contributed by atoms with van der Waals surface area (Å²) in [7, 11) is 0. The number of aryl methyl sites for hydroxylation is 1. The van der Waals surface area contributed by atoms with E-state index in [0.717, 1.165) is 45.7 Å². The normalized spacial score (nSPS) is 12.2. The van der Waals surface area contributed by atoms with Gasteiger partial charge in [-0.1, -0.05) is 42.1 Å². The molecule has 1 aromatic heterocycles.